The maximum Gasteiger partial charge on any atom is 0.339 e. The van der Waals surface area contributed by atoms with Gasteiger partial charge in [0.2, 0.25) is 0 Å². The topological polar surface area (TPSA) is 73.2 Å². The van der Waals surface area contributed by atoms with Gasteiger partial charge in [-0.3, -0.25) is 4.79 Å². The SMILES string of the molecule is C[C@@H](NC(=O)[C@@]1(C)Cc2ccccc2C(=O)O1)c1ccc(-n2ccnc2)cc1. The molecule has 0 fully saturated rings. The quantitative estimate of drug-likeness (QED) is 0.711. The summed E-state index contributed by atoms with van der Waals surface area (Å²) in [4.78, 5) is 29.3. The Kier molecular flexibility index (Phi) is 4.47. The number of nitrogens with one attached hydrogen (secondary N) is 1. The number of esters is 1. The van der Waals surface area contributed by atoms with Crippen LogP contribution >= 0.6 is 0 Å². The Bertz CT molecular complexity index is 1010. The van der Waals surface area contributed by atoms with Crippen molar-refractivity contribution in [2.45, 2.75) is 31.9 Å². The third kappa shape index (κ3) is 3.29. The second-order valence-corrected chi connectivity index (χ2v) is 7.21. The first-order valence-electron chi connectivity index (χ1n) is 9.17. The van der Waals surface area contributed by atoms with Crippen LogP contribution < -0.4 is 5.32 Å². The van der Waals surface area contributed by atoms with Crippen LogP contribution in [0.3, 0.4) is 0 Å². The summed E-state index contributed by atoms with van der Waals surface area (Å²) in [5.74, 6) is -0.765. The van der Waals surface area contributed by atoms with Crippen molar-refractivity contribution in [3.8, 4) is 5.69 Å². The van der Waals surface area contributed by atoms with Crippen LogP contribution in [0.2, 0.25) is 0 Å². The molecule has 0 radical (unpaired) electrons. The summed E-state index contributed by atoms with van der Waals surface area (Å²) >= 11 is 0. The van der Waals surface area contributed by atoms with E-state index in [4.69, 9.17) is 4.74 Å². The number of imidazole rings is 1. The number of carbonyl (C=O) groups excluding carboxylic acids is 2. The zero-order valence-electron chi connectivity index (χ0n) is 15.8. The van der Waals surface area contributed by atoms with Gasteiger partial charge in [-0.05, 0) is 43.2 Å². The van der Waals surface area contributed by atoms with E-state index < -0.39 is 11.6 Å². The number of aromatic nitrogens is 2. The molecule has 2 aromatic carbocycles. The second kappa shape index (κ2) is 6.96. The average Bonchev–Trinajstić information content (AvgIpc) is 3.23. The highest BCUT2D eigenvalue weighted by atomic mass is 16.6. The molecule has 4 rings (SSSR count). The first-order valence-corrected chi connectivity index (χ1v) is 9.17. The minimum atomic E-state index is -1.23. The fourth-order valence-electron chi connectivity index (χ4n) is 3.44. The predicted octanol–water partition coefficient (Wildman–Crippen LogP) is 3.22. The summed E-state index contributed by atoms with van der Waals surface area (Å²) in [5, 5.41) is 2.98. The molecule has 0 bridgehead atoms. The van der Waals surface area contributed by atoms with Gasteiger partial charge in [-0.25, -0.2) is 9.78 Å². The van der Waals surface area contributed by atoms with E-state index in [9.17, 15) is 9.59 Å². The Morgan fingerprint density at radius 1 is 1.21 bits per heavy atom. The van der Waals surface area contributed by atoms with Crippen molar-refractivity contribution in [2.75, 3.05) is 0 Å². The molecule has 6 heteroatoms. The van der Waals surface area contributed by atoms with Gasteiger partial charge in [-0.1, -0.05) is 30.3 Å². The van der Waals surface area contributed by atoms with E-state index >= 15 is 0 Å². The van der Waals surface area contributed by atoms with Crippen molar-refractivity contribution in [3.63, 3.8) is 0 Å². The lowest BCUT2D eigenvalue weighted by molar-refractivity contribution is -0.140. The molecule has 1 aliphatic heterocycles. The Hall–Kier alpha value is -3.41. The van der Waals surface area contributed by atoms with Crippen molar-refractivity contribution in [2.24, 2.45) is 0 Å². The van der Waals surface area contributed by atoms with E-state index in [0.29, 0.717) is 12.0 Å². The molecule has 3 aromatic rings. The molecule has 1 aliphatic rings. The summed E-state index contributed by atoms with van der Waals surface area (Å²) in [7, 11) is 0. The van der Waals surface area contributed by atoms with Crippen molar-refractivity contribution in [1.82, 2.24) is 14.9 Å². The van der Waals surface area contributed by atoms with Crippen molar-refractivity contribution >= 4 is 11.9 Å². The number of carbonyl (C=O) groups is 2. The summed E-state index contributed by atoms with van der Waals surface area (Å²) in [5.41, 5.74) is 2.08. The summed E-state index contributed by atoms with van der Waals surface area (Å²) in [6.45, 7) is 3.57. The minimum Gasteiger partial charge on any atom is -0.445 e. The highest BCUT2D eigenvalue weighted by Crippen LogP contribution is 2.29. The molecule has 6 nitrogen and oxygen atoms in total. The monoisotopic (exact) mass is 375 g/mol. The zero-order chi connectivity index (χ0) is 19.7. The normalized spacial score (nSPS) is 19.4. The standard InChI is InChI=1S/C22H21N3O3/c1-15(16-7-9-18(10-8-16)25-12-11-23-14-25)24-21(27)22(2)13-17-5-3-4-6-19(17)20(26)28-22/h3-12,14-15H,13H2,1-2H3,(H,24,27)/t15-,22-/m1/s1. The lowest BCUT2D eigenvalue weighted by atomic mass is 9.89. The summed E-state index contributed by atoms with van der Waals surface area (Å²) in [6, 6.07) is 14.9. The molecule has 0 saturated carbocycles. The molecule has 0 saturated heterocycles. The number of benzene rings is 2. The third-order valence-electron chi connectivity index (χ3n) is 5.11. The first-order chi connectivity index (χ1) is 13.5. The Labute approximate surface area is 163 Å². The first kappa shape index (κ1) is 18.0. The van der Waals surface area contributed by atoms with Crippen LogP contribution in [0.5, 0.6) is 0 Å². The smallest absolute Gasteiger partial charge is 0.339 e. The van der Waals surface area contributed by atoms with Crippen molar-refractivity contribution in [1.29, 1.82) is 0 Å². The molecule has 142 valence electrons. The lowest BCUT2D eigenvalue weighted by Crippen LogP contribution is -2.52. The van der Waals surface area contributed by atoms with Crippen LogP contribution in [0.15, 0.2) is 67.3 Å². The van der Waals surface area contributed by atoms with Gasteiger partial charge in [0.05, 0.1) is 17.9 Å². The molecule has 0 unspecified atom stereocenters. The molecule has 0 spiro atoms. The zero-order valence-corrected chi connectivity index (χ0v) is 15.8. The number of nitrogens with zero attached hydrogens (tertiary/aromatic N) is 2. The van der Waals surface area contributed by atoms with Gasteiger partial charge in [0, 0.05) is 24.5 Å². The summed E-state index contributed by atoms with van der Waals surface area (Å²) in [6.07, 6.45) is 5.68. The molecular formula is C22H21N3O3. The Morgan fingerprint density at radius 2 is 1.96 bits per heavy atom. The lowest BCUT2D eigenvalue weighted by Gasteiger charge is -2.34. The molecule has 28 heavy (non-hydrogen) atoms. The molecular weight excluding hydrogens is 354 g/mol. The van der Waals surface area contributed by atoms with E-state index in [1.165, 1.54) is 0 Å². The van der Waals surface area contributed by atoms with Crippen molar-refractivity contribution < 1.29 is 14.3 Å². The molecule has 1 aromatic heterocycles. The molecule has 1 amide bonds. The number of cyclic esters (lactones) is 1. The summed E-state index contributed by atoms with van der Waals surface area (Å²) < 4.78 is 7.42. The van der Waals surface area contributed by atoms with Crippen LogP contribution in [0.1, 0.15) is 41.4 Å². The van der Waals surface area contributed by atoms with Crippen LogP contribution in [-0.4, -0.2) is 27.0 Å². The second-order valence-electron chi connectivity index (χ2n) is 7.21. The number of hydrogen-bond acceptors (Lipinski definition) is 4. The highest BCUT2D eigenvalue weighted by molar-refractivity contribution is 5.97. The van der Waals surface area contributed by atoms with E-state index in [2.05, 4.69) is 10.3 Å². The van der Waals surface area contributed by atoms with Gasteiger partial charge in [-0.15, -0.1) is 0 Å². The number of amides is 1. The van der Waals surface area contributed by atoms with Gasteiger partial charge in [0.15, 0.2) is 5.60 Å². The maximum absolute atomic E-state index is 12.9. The van der Waals surface area contributed by atoms with Crippen LogP contribution in [0.4, 0.5) is 0 Å². The molecule has 2 atom stereocenters. The van der Waals surface area contributed by atoms with E-state index in [-0.39, 0.29) is 11.9 Å². The number of hydrogen-bond donors (Lipinski definition) is 1. The van der Waals surface area contributed by atoms with Gasteiger partial charge in [0.1, 0.15) is 0 Å². The van der Waals surface area contributed by atoms with Gasteiger partial charge < -0.3 is 14.6 Å². The number of fused-ring (bicyclic) bond motifs is 1. The average molecular weight is 375 g/mol. The Morgan fingerprint density at radius 3 is 2.68 bits per heavy atom. The Balaban J connectivity index is 1.48. The van der Waals surface area contributed by atoms with Gasteiger partial charge >= 0.3 is 5.97 Å². The van der Waals surface area contributed by atoms with E-state index in [0.717, 1.165) is 16.8 Å². The predicted molar refractivity (Wildman–Crippen MR) is 104 cm³/mol. The van der Waals surface area contributed by atoms with Crippen LogP contribution in [-0.2, 0) is 16.0 Å². The fourth-order valence-corrected chi connectivity index (χ4v) is 3.44. The van der Waals surface area contributed by atoms with E-state index in [1.807, 2.05) is 54.1 Å². The largest absolute Gasteiger partial charge is 0.445 e. The fraction of sp³-hybridized carbons (Fsp3) is 0.227. The van der Waals surface area contributed by atoms with Crippen molar-refractivity contribution in [3.05, 3.63) is 83.9 Å². The minimum absolute atomic E-state index is 0.225. The third-order valence-corrected chi connectivity index (χ3v) is 5.11. The highest BCUT2D eigenvalue weighted by Gasteiger charge is 2.42. The molecule has 0 aliphatic carbocycles. The maximum atomic E-state index is 12.9. The number of ether oxygens (including phenoxy) is 1. The van der Waals surface area contributed by atoms with E-state index in [1.54, 1.807) is 31.6 Å². The van der Waals surface area contributed by atoms with Gasteiger partial charge in [-0.2, -0.15) is 0 Å². The van der Waals surface area contributed by atoms with Gasteiger partial charge in [0.25, 0.3) is 5.91 Å². The number of rotatable bonds is 4. The molecule has 1 N–H and O–H groups in total. The van der Waals surface area contributed by atoms with Crippen LogP contribution in [0.25, 0.3) is 5.69 Å². The van der Waals surface area contributed by atoms with Crippen LogP contribution in [0, 0.1) is 0 Å². The molecule has 2 heterocycles.